The molecule has 21 heavy (non-hydrogen) atoms. The third kappa shape index (κ3) is 3.30. The lowest BCUT2D eigenvalue weighted by Gasteiger charge is -2.35. The largest absolute Gasteiger partial charge is 0.494 e. The number of rotatable bonds is 3. The van der Waals surface area contributed by atoms with E-state index in [-0.39, 0.29) is 24.4 Å². The van der Waals surface area contributed by atoms with Crippen molar-refractivity contribution in [2.75, 3.05) is 20.2 Å². The van der Waals surface area contributed by atoms with Crippen molar-refractivity contribution >= 4 is 11.9 Å². The van der Waals surface area contributed by atoms with E-state index in [1.807, 2.05) is 0 Å². The lowest BCUT2D eigenvalue weighted by atomic mass is 10.1. The van der Waals surface area contributed by atoms with E-state index in [4.69, 9.17) is 14.6 Å². The summed E-state index contributed by atoms with van der Waals surface area (Å²) >= 11 is 0. The van der Waals surface area contributed by atoms with Crippen LogP contribution < -0.4 is 4.74 Å². The van der Waals surface area contributed by atoms with Crippen LogP contribution in [0.5, 0.6) is 5.75 Å². The van der Waals surface area contributed by atoms with Crippen LogP contribution in [0.25, 0.3) is 0 Å². The molecule has 1 saturated heterocycles. The Hall–Kier alpha value is -2.15. The lowest BCUT2D eigenvalue weighted by molar-refractivity contribution is -0.160. The summed E-state index contributed by atoms with van der Waals surface area (Å²) in [5, 5.41) is 9.00. The summed E-state index contributed by atoms with van der Waals surface area (Å²) in [4.78, 5) is 24.7. The Morgan fingerprint density at radius 3 is 2.71 bits per heavy atom. The van der Waals surface area contributed by atoms with Crippen LogP contribution in [0.1, 0.15) is 17.3 Å². The van der Waals surface area contributed by atoms with Crippen LogP contribution in [-0.2, 0) is 9.53 Å². The molecule has 0 bridgehead atoms. The first kappa shape index (κ1) is 15.2. The molecule has 1 aromatic rings. The van der Waals surface area contributed by atoms with Gasteiger partial charge in [-0.1, -0.05) is 0 Å². The van der Waals surface area contributed by atoms with E-state index >= 15 is 0 Å². The van der Waals surface area contributed by atoms with Crippen LogP contribution in [0.4, 0.5) is 4.39 Å². The lowest BCUT2D eigenvalue weighted by Crippen LogP contribution is -2.51. The number of hydrogen-bond donors (Lipinski definition) is 1. The van der Waals surface area contributed by atoms with E-state index in [1.165, 1.54) is 24.1 Å². The highest BCUT2D eigenvalue weighted by Crippen LogP contribution is 2.20. The van der Waals surface area contributed by atoms with Crippen molar-refractivity contribution in [2.45, 2.75) is 19.1 Å². The van der Waals surface area contributed by atoms with Gasteiger partial charge in [-0.3, -0.25) is 4.79 Å². The second-order valence-electron chi connectivity index (χ2n) is 4.83. The van der Waals surface area contributed by atoms with E-state index in [0.29, 0.717) is 0 Å². The Labute approximate surface area is 121 Å². The number of carbonyl (C=O) groups is 2. The highest BCUT2D eigenvalue weighted by atomic mass is 19.1. The van der Waals surface area contributed by atoms with Gasteiger partial charge in [-0.15, -0.1) is 0 Å². The van der Waals surface area contributed by atoms with Crippen molar-refractivity contribution in [3.63, 3.8) is 0 Å². The minimum Gasteiger partial charge on any atom is -0.494 e. The molecule has 1 heterocycles. The molecule has 1 unspecified atom stereocenters. The Morgan fingerprint density at radius 2 is 2.14 bits per heavy atom. The van der Waals surface area contributed by atoms with Crippen molar-refractivity contribution < 1.29 is 28.6 Å². The molecule has 0 spiro atoms. The number of methoxy groups -OCH3 is 1. The zero-order valence-corrected chi connectivity index (χ0v) is 11.7. The molecular weight excluding hydrogens is 281 g/mol. The fourth-order valence-electron chi connectivity index (χ4n) is 2.24. The number of hydrogen-bond acceptors (Lipinski definition) is 4. The topological polar surface area (TPSA) is 76.1 Å². The van der Waals surface area contributed by atoms with Gasteiger partial charge < -0.3 is 19.5 Å². The number of aliphatic carboxylic acids is 1. The standard InChI is InChI=1S/C14H16FNO5/c1-8-6-16(7-12(21-8)14(18)19)13(17)9-3-4-11(20-2)10(15)5-9/h3-5,8,12H,6-7H2,1-2H3,(H,18,19)/t8-,12?/m1/s1. The van der Waals surface area contributed by atoms with Gasteiger partial charge in [-0.2, -0.15) is 0 Å². The van der Waals surface area contributed by atoms with Crippen molar-refractivity contribution in [2.24, 2.45) is 0 Å². The first-order valence-electron chi connectivity index (χ1n) is 6.43. The van der Waals surface area contributed by atoms with Crippen LogP contribution in [0.3, 0.4) is 0 Å². The van der Waals surface area contributed by atoms with Crippen molar-refractivity contribution in [3.8, 4) is 5.75 Å². The first-order valence-corrected chi connectivity index (χ1v) is 6.43. The Morgan fingerprint density at radius 1 is 1.43 bits per heavy atom. The summed E-state index contributed by atoms with van der Waals surface area (Å²) in [5.74, 6) is -2.15. The molecule has 1 N–H and O–H groups in total. The van der Waals surface area contributed by atoms with Crippen LogP contribution in [0.15, 0.2) is 18.2 Å². The second kappa shape index (κ2) is 6.09. The molecule has 7 heteroatoms. The highest BCUT2D eigenvalue weighted by Gasteiger charge is 2.33. The van der Waals surface area contributed by atoms with Gasteiger partial charge in [0.25, 0.3) is 5.91 Å². The van der Waals surface area contributed by atoms with Crippen LogP contribution in [0, 0.1) is 5.82 Å². The summed E-state index contributed by atoms with van der Waals surface area (Å²) in [6.07, 6.45) is -1.47. The molecule has 0 saturated carbocycles. The maximum absolute atomic E-state index is 13.6. The van der Waals surface area contributed by atoms with Gasteiger partial charge in [-0.25, -0.2) is 9.18 Å². The normalized spacial score (nSPS) is 22.0. The predicted octanol–water partition coefficient (Wildman–Crippen LogP) is 1.15. The third-order valence-corrected chi connectivity index (χ3v) is 3.22. The van der Waals surface area contributed by atoms with Crippen LogP contribution in [-0.4, -0.2) is 54.3 Å². The van der Waals surface area contributed by atoms with E-state index < -0.39 is 29.9 Å². The van der Waals surface area contributed by atoms with Gasteiger partial charge in [0.2, 0.25) is 0 Å². The molecule has 0 radical (unpaired) electrons. The van der Waals surface area contributed by atoms with Crippen molar-refractivity contribution in [1.82, 2.24) is 4.90 Å². The molecule has 0 aliphatic carbocycles. The molecule has 1 amide bonds. The first-order chi connectivity index (χ1) is 9.92. The summed E-state index contributed by atoms with van der Waals surface area (Å²) in [6.45, 7) is 1.88. The van der Waals surface area contributed by atoms with Gasteiger partial charge in [0.15, 0.2) is 17.7 Å². The SMILES string of the molecule is COc1ccc(C(=O)N2CC(C(=O)O)O[C@H](C)C2)cc1F. The number of ether oxygens (including phenoxy) is 2. The maximum Gasteiger partial charge on any atom is 0.334 e. The van der Waals surface area contributed by atoms with Gasteiger partial charge in [0.05, 0.1) is 19.8 Å². The zero-order valence-electron chi connectivity index (χ0n) is 11.7. The predicted molar refractivity (Wildman–Crippen MR) is 70.8 cm³/mol. The fraction of sp³-hybridized carbons (Fsp3) is 0.429. The van der Waals surface area contributed by atoms with Crippen LogP contribution in [0.2, 0.25) is 0 Å². The maximum atomic E-state index is 13.6. The molecule has 114 valence electrons. The van der Waals surface area contributed by atoms with E-state index in [0.717, 1.165) is 6.07 Å². The van der Waals surface area contributed by atoms with Crippen LogP contribution >= 0.6 is 0 Å². The molecule has 0 aromatic heterocycles. The van der Waals surface area contributed by atoms with E-state index in [9.17, 15) is 14.0 Å². The highest BCUT2D eigenvalue weighted by molar-refractivity contribution is 5.94. The summed E-state index contributed by atoms with van der Waals surface area (Å²) in [7, 11) is 1.33. The number of halogens is 1. The van der Waals surface area contributed by atoms with E-state index in [1.54, 1.807) is 6.92 Å². The minimum atomic E-state index is -1.12. The number of amides is 1. The minimum absolute atomic E-state index is 0.0466. The van der Waals surface area contributed by atoms with Gasteiger partial charge in [-0.05, 0) is 25.1 Å². The Kier molecular flexibility index (Phi) is 4.42. The summed E-state index contributed by atoms with van der Waals surface area (Å²) in [5.41, 5.74) is 0.145. The number of carboxylic acids is 1. The number of carboxylic acid groups (broad SMARTS) is 1. The second-order valence-corrected chi connectivity index (χ2v) is 4.83. The number of carbonyl (C=O) groups excluding carboxylic acids is 1. The van der Waals surface area contributed by atoms with Crippen molar-refractivity contribution in [1.29, 1.82) is 0 Å². The van der Waals surface area contributed by atoms with Gasteiger partial charge >= 0.3 is 5.97 Å². The molecule has 2 rings (SSSR count). The van der Waals surface area contributed by atoms with E-state index in [2.05, 4.69) is 0 Å². The Balaban J connectivity index is 2.18. The summed E-state index contributed by atoms with van der Waals surface area (Å²) in [6, 6.07) is 3.89. The molecule has 1 fully saturated rings. The molecule has 2 atom stereocenters. The van der Waals surface area contributed by atoms with Crippen molar-refractivity contribution in [3.05, 3.63) is 29.6 Å². The molecule has 1 aliphatic heterocycles. The zero-order chi connectivity index (χ0) is 15.6. The number of nitrogens with zero attached hydrogens (tertiary/aromatic N) is 1. The monoisotopic (exact) mass is 297 g/mol. The molecule has 6 nitrogen and oxygen atoms in total. The molecule has 1 aliphatic rings. The third-order valence-electron chi connectivity index (χ3n) is 3.22. The number of benzene rings is 1. The fourth-order valence-corrected chi connectivity index (χ4v) is 2.24. The smallest absolute Gasteiger partial charge is 0.334 e. The average Bonchev–Trinajstić information content (AvgIpc) is 2.45. The van der Waals surface area contributed by atoms with Gasteiger partial charge in [0, 0.05) is 12.1 Å². The number of morpholine rings is 1. The quantitative estimate of drug-likeness (QED) is 0.905. The molecule has 1 aromatic carbocycles. The summed E-state index contributed by atoms with van der Waals surface area (Å²) < 4.78 is 23.7. The Bertz CT molecular complexity index is 562. The van der Waals surface area contributed by atoms with Gasteiger partial charge in [0.1, 0.15) is 0 Å². The molecular formula is C14H16FNO5. The average molecular weight is 297 g/mol.